The Morgan fingerprint density at radius 2 is 2.04 bits per heavy atom. The number of nitrogens with zero attached hydrogens (tertiary/aromatic N) is 1. The van der Waals surface area contributed by atoms with Crippen molar-refractivity contribution < 1.29 is 5.11 Å². The van der Waals surface area contributed by atoms with Gasteiger partial charge in [0.15, 0.2) is 0 Å². The van der Waals surface area contributed by atoms with Gasteiger partial charge in [0.2, 0.25) is 0 Å². The molecule has 5 heteroatoms. The number of thiophene rings is 1. The lowest BCUT2D eigenvalue weighted by atomic mass is 9.80. The number of nitrogens with one attached hydrogen (secondary N) is 1. The fourth-order valence-electron chi connectivity index (χ4n) is 3.18. The molecule has 0 atom stereocenters. The lowest BCUT2D eigenvalue weighted by Gasteiger charge is -2.30. The Morgan fingerprint density at radius 1 is 1.30 bits per heavy atom. The highest BCUT2D eigenvalue weighted by Crippen LogP contribution is 2.32. The van der Waals surface area contributed by atoms with Gasteiger partial charge in [0.05, 0.1) is 11.5 Å². The molecule has 1 aromatic carbocycles. The van der Waals surface area contributed by atoms with Gasteiger partial charge in [-0.1, -0.05) is 29.8 Å². The van der Waals surface area contributed by atoms with Crippen molar-refractivity contribution in [2.75, 3.05) is 0 Å². The third-order valence-electron chi connectivity index (χ3n) is 4.55. The van der Waals surface area contributed by atoms with Crippen LogP contribution < -0.4 is 5.56 Å². The number of aryl methyl sites for hydroxylation is 1. The Morgan fingerprint density at radius 3 is 2.74 bits per heavy atom. The van der Waals surface area contributed by atoms with Gasteiger partial charge in [-0.15, -0.1) is 11.3 Å². The summed E-state index contributed by atoms with van der Waals surface area (Å²) in [6, 6.07) is 8.19. The number of rotatable bonds is 3. The lowest BCUT2D eigenvalue weighted by Crippen LogP contribution is -2.30. The van der Waals surface area contributed by atoms with E-state index in [0.717, 1.165) is 41.0 Å². The topological polar surface area (TPSA) is 66.0 Å². The Labute approximate surface area is 137 Å². The summed E-state index contributed by atoms with van der Waals surface area (Å²) in [7, 11) is 0. The molecule has 0 aliphatic heterocycles. The molecule has 1 fully saturated rings. The first-order valence-electron chi connectivity index (χ1n) is 7.85. The van der Waals surface area contributed by atoms with Gasteiger partial charge < -0.3 is 10.1 Å². The molecule has 2 heterocycles. The average molecular weight is 326 g/mol. The fraction of sp³-hybridized carbons (Fsp3) is 0.333. The van der Waals surface area contributed by atoms with Crippen LogP contribution in [0.4, 0.5) is 0 Å². The van der Waals surface area contributed by atoms with E-state index in [2.05, 4.69) is 22.1 Å². The maximum absolute atomic E-state index is 12.5. The number of hydrogen-bond acceptors (Lipinski definition) is 4. The molecule has 4 rings (SSSR count). The number of aliphatic hydroxyl groups excluding tert-OH is 1. The van der Waals surface area contributed by atoms with Gasteiger partial charge in [0, 0.05) is 17.4 Å². The first-order chi connectivity index (χ1) is 11.1. The minimum absolute atomic E-state index is 0.0679. The number of H-pyrrole nitrogens is 1. The molecule has 2 N–H and O–H groups in total. The van der Waals surface area contributed by atoms with Gasteiger partial charge in [-0.3, -0.25) is 4.79 Å². The summed E-state index contributed by atoms with van der Waals surface area (Å²) in [5.74, 6) is 1.17. The van der Waals surface area contributed by atoms with Crippen LogP contribution in [0.15, 0.2) is 34.4 Å². The van der Waals surface area contributed by atoms with Crippen LogP contribution in [0.2, 0.25) is 0 Å². The smallest absolute Gasteiger partial charge is 0.260 e. The molecular weight excluding hydrogens is 308 g/mol. The molecule has 0 spiro atoms. The fourth-order valence-corrected chi connectivity index (χ4v) is 4.14. The molecule has 0 radical (unpaired) electrons. The number of aromatic amines is 1. The van der Waals surface area contributed by atoms with Crippen LogP contribution in [0.25, 0.3) is 21.3 Å². The van der Waals surface area contributed by atoms with Crippen molar-refractivity contribution in [2.24, 2.45) is 5.92 Å². The monoisotopic (exact) mass is 326 g/mol. The molecule has 0 amide bonds. The summed E-state index contributed by atoms with van der Waals surface area (Å²) in [6.07, 6.45) is 2.17. The highest BCUT2D eigenvalue weighted by Gasteiger charge is 2.28. The predicted octanol–water partition coefficient (Wildman–Crippen LogP) is 3.27. The highest BCUT2D eigenvalue weighted by atomic mass is 32.1. The first kappa shape index (κ1) is 14.6. The van der Waals surface area contributed by atoms with E-state index in [-0.39, 0.29) is 11.7 Å². The van der Waals surface area contributed by atoms with Crippen LogP contribution in [0, 0.1) is 12.8 Å². The van der Waals surface area contributed by atoms with Crippen molar-refractivity contribution in [1.82, 2.24) is 9.97 Å². The Kier molecular flexibility index (Phi) is 3.54. The highest BCUT2D eigenvalue weighted by molar-refractivity contribution is 7.17. The van der Waals surface area contributed by atoms with E-state index in [1.165, 1.54) is 16.9 Å². The molecule has 4 nitrogen and oxygen atoms in total. The lowest BCUT2D eigenvalue weighted by molar-refractivity contribution is 0.0424. The zero-order valence-electron chi connectivity index (χ0n) is 12.9. The maximum atomic E-state index is 12.5. The summed E-state index contributed by atoms with van der Waals surface area (Å²) in [6.45, 7) is 2.05. The van der Waals surface area contributed by atoms with Gasteiger partial charge in [0.1, 0.15) is 10.7 Å². The van der Waals surface area contributed by atoms with E-state index < -0.39 is 0 Å². The Balaban J connectivity index is 1.72. The van der Waals surface area contributed by atoms with E-state index in [1.807, 2.05) is 24.4 Å². The molecular formula is C18H18N2O2S. The summed E-state index contributed by atoms with van der Waals surface area (Å²) in [5.41, 5.74) is 3.13. The number of hydrogen-bond donors (Lipinski definition) is 2. The quantitative estimate of drug-likeness (QED) is 0.776. The molecule has 0 saturated heterocycles. The van der Waals surface area contributed by atoms with E-state index in [4.69, 9.17) is 0 Å². The third kappa shape index (κ3) is 2.71. The molecule has 1 saturated carbocycles. The second-order valence-electron chi connectivity index (χ2n) is 6.40. The standard InChI is InChI=1S/C18H18N2O2S/c1-10-2-4-12(5-3-10)14-9-23-18-16(14)17(22)19-15(20-18)8-11-6-13(21)7-11/h2-5,9,11,13,21H,6-8H2,1H3,(H,19,20,22). The minimum Gasteiger partial charge on any atom is -0.393 e. The summed E-state index contributed by atoms with van der Waals surface area (Å²) < 4.78 is 0. The van der Waals surface area contributed by atoms with Gasteiger partial charge >= 0.3 is 0 Å². The van der Waals surface area contributed by atoms with Crippen LogP contribution in [0.1, 0.15) is 24.2 Å². The zero-order chi connectivity index (χ0) is 16.0. The van der Waals surface area contributed by atoms with Crippen molar-refractivity contribution in [1.29, 1.82) is 0 Å². The Bertz CT molecular complexity index is 905. The number of aromatic nitrogens is 2. The second-order valence-corrected chi connectivity index (χ2v) is 7.26. The Hall–Kier alpha value is -1.98. The van der Waals surface area contributed by atoms with Gasteiger partial charge in [-0.25, -0.2) is 4.98 Å². The van der Waals surface area contributed by atoms with E-state index in [0.29, 0.717) is 11.3 Å². The van der Waals surface area contributed by atoms with Crippen LogP contribution in [0.3, 0.4) is 0 Å². The van der Waals surface area contributed by atoms with Crippen molar-refractivity contribution in [3.63, 3.8) is 0 Å². The van der Waals surface area contributed by atoms with Crippen molar-refractivity contribution in [2.45, 2.75) is 32.3 Å². The van der Waals surface area contributed by atoms with Crippen LogP contribution >= 0.6 is 11.3 Å². The SMILES string of the molecule is Cc1ccc(-c2csc3nc(CC4CC(O)C4)[nH]c(=O)c23)cc1. The van der Waals surface area contributed by atoms with Crippen LogP contribution in [0.5, 0.6) is 0 Å². The average Bonchev–Trinajstić information content (AvgIpc) is 2.91. The van der Waals surface area contributed by atoms with Crippen LogP contribution in [-0.4, -0.2) is 21.2 Å². The van der Waals surface area contributed by atoms with Gasteiger partial charge in [0.25, 0.3) is 5.56 Å². The minimum atomic E-state index is -0.176. The number of fused-ring (bicyclic) bond motifs is 1. The first-order valence-corrected chi connectivity index (χ1v) is 8.73. The maximum Gasteiger partial charge on any atom is 0.260 e. The molecule has 0 bridgehead atoms. The van der Waals surface area contributed by atoms with E-state index in [9.17, 15) is 9.90 Å². The normalized spacial score (nSPS) is 20.6. The summed E-state index contributed by atoms with van der Waals surface area (Å²) >= 11 is 1.51. The molecule has 1 aliphatic carbocycles. The summed E-state index contributed by atoms with van der Waals surface area (Å²) in [4.78, 5) is 20.9. The number of benzene rings is 1. The second kappa shape index (κ2) is 5.58. The van der Waals surface area contributed by atoms with E-state index >= 15 is 0 Å². The third-order valence-corrected chi connectivity index (χ3v) is 5.42. The van der Waals surface area contributed by atoms with Gasteiger partial charge in [-0.05, 0) is 31.2 Å². The molecule has 2 aromatic heterocycles. The zero-order valence-corrected chi connectivity index (χ0v) is 13.7. The molecule has 23 heavy (non-hydrogen) atoms. The molecule has 1 aliphatic rings. The van der Waals surface area contributed by atoms with E-state index in [1.54, 1.807) is 0 Å². The molecule has 0 unspecified atom stereocenters. The van der Waals surface area contributed by atoms with Crippen molar-refractivity contribution >= 4 is 21.6 Å². The molecule has 3 aromatic rings. The molecule has 118 valence electrons. The van der Waals surface area contributed by atoms with Crippen molar-refractivity contribution in [3.05, 3.63) is 51.4 Å². The van der Waals surface area contributed by atoms with Gasteiger partial charge in [-0.2, -0.15) is 0 Å². The van der Waals surface area contributed by atoms with Crippen LogP contribution in [-0.2, 0) is 6.42 Å². The van der Waals surface area contributed by atoms with Crippen molar-refractivity contribution in [3.8, 4) is 11.1 Å². The predicted molar refractivity (Wildman–Crippen MR) is 92.8 cm³/mol. The summed E-state index contributed by atoms with van der Waals surface area (Å²) in [5, 5.41) is 12.1. The largest absolute Gasteiger partial charge is 0.393 e. The number of aliphatic hydroxyl groups is 1.